The molecule has 0 aromatic heterocycles. The number of para-hydroxylation sites is 1. The van der Waals surface area contributed by atoms with E-state index in [1.807, 2.05) is 0 Å². The van der Waals surface area contributed by atoms with E-state index in [1.165, 1.54) is 43.4 Å². The van der Waals surface area contributed by atoms with Gasteiger partial charge in [0.05, 0.1) is 15.7 Å². The maximum absolute atomic E-state index is 13.6. The molecule has 1 amide bonds. The standard InChI is InChI=1S/C14H10BrF2NO/c1-18(12-8-3-2-6-10(12)16)14(19)9-5-4-7-11(17)13(9)15/h2-8H,1H3. The van der Waals surface area contributed by atoms with Gasteiger partial charge in [-0.3, -0.25) is 4.79 Å². The van der Waals surface area contributed by atoms with E-state index >= 15 is 0 Å². The minimum absolute atomic E-state index is 0.0724. The van der Waals surface area contributed by atoms with Crippen molar-refractivity contribution in [3.63, 3.8) is 0 Å². The van der Waals surface area contributed by atoms with E-state index in [1.54, 1.807) is 6.07 Å². The molecule has 19 heavy (non-hydrogen) atoms. The summed E-state index contributed by atoms with van der Waals surface area (Å²) in [6.45, 7) is 0. The van der Waals surface area contributed by atoms with Crippen LogP contribution in [-0.2, 0) is 0 Å². The summed E-state index contributed by atoms with van der Waals surface area (Å²) in [6, 6.07) is 10.1. The zero-order chi connectivity index (χ0) is 14.0. The van der Waals surface area contributed by atoms with Gasteiger partial charge in [0.2, 0.25) is 0 Å². The molecule has 2 nitrogen and oxygen atoms in total. The molecule has 2 rings (SSSR count). The van der Waals surface area contributed by atoms with Crippen LogP contribution in [0.1, 0.15) is 10.4 Å². The first-order valence-corrected chi connectivity index (χ1v) is 6.28. The molecule has 0 spiro atoms. The van der Waals surface area contributed by atoms with E-state index in [2.05, 4.69) is 15.9 Å². The Labute approximate surface area is 117 Å². The third-order valence-corrected chi connectivity index (χ3v) is 3.51. The molecule has 0 bridgehead atoms. The summed E-state index contributed by atoms with van der Waals surface area (Å²) >= 11 is 3.02. The third-order valence-electron chi connectivity index (χ3n) is 2.70. The highest BCUT2D eigenvalue weighted by Gasteiger charge is 2.19. The number of hydrogen-bond donors (Lipinski definition) is 0. The van der Waals surface area contributed by atoms with Crippen LogP contribution in [0, 0.1) is 11.6 Å². The van der Waals surface area contributed by atoms with E-state index in [0.29, 0.717) is 0 Å². The van der Waals surface area contributed by atoms with Gasteiger partial charge in [-0.1, -0.05) is 18.2 Å². The Morgan fingerprint density at radius 2 is 1.68 bits per heavy atom. The predicted octanol–water partition coefficient (Wildman–Crippen LogP) is 4.00. The van der Waals surface area contributed by atoms with Crippen LogP contribution >= 0.6 is 15.9 Å². The predicted molar refractivity (Wildman–Crippen MR) is 73.2 cm³/mol. The van der Waals surface area contributed by atoms with E-state index in [0.717, 1.165) is 4.90 Å². The molecule has 2 aromatic carbocycles. The number of halogens is 3. The van der Waals surface area contributed by atoms with E-state index in [9.17, 15) is 13.6 Å². The highest BCUT2D eigenvalue weighted by atomic mass is 79.9. The first kappa shape index (κ1) is 13.7. The number of benzene rings is 2. The Morgan fingerprint density at radius 3 is 2.37 bits per heavy atom. The lowest BCUT2D eigenvalue weighted by Gasteiger charge is -2.18. The van der Waals surface area contributed by atoms with Gasteiger partial charge in [0.15, 0.2) is 0 Å². The molecule has 0 aliphatic rings. The molecule has 0 aliphatic carbocycles. The average molecular weight is 326 g/mol. The summed E-state index contributed by atoms with van der Waals surface area (Å²) in [6.07, 6.45) is 0. The molecule has 0 atom stereocenters. The summed E-state index contributed by atoms with van der Waals surface area (Å²) in [5.41, 5.74) is 0.286. The lowest BCUT2D eigenvalue weighted by atomic mass is 10.2. The number of anilines is 1. The van der Waals surface area contributed by atoms with Gasteiger partial charge in [-0.2, -0.15) is 0 Å². The van der Waals surface area contributed by atoms with Crippen molar-refractivity contribution in [2.45, 2.75) is 0 Å². The molecule has 0 saturated carbocycles. The van der Waals surface area contributed by atoms with Crippen molar-refractivity contribution in [2.75, 3.05) is 11.9 Å². The lowest BCUT2D eigenvalue weighted by Crippen LogP contribution is -2.27. The van der Waals surface area contributed by atoms with Crippen molar-refractivity contribution < 1.29 is 13.6 Å². The monoisotopic (exact) mass is 325 g/mol. The number of rotatable bonds is 2. The Bertz CT molecular complexity index is 631. The number of carbonyl (C=O) groups is 1. The number of amides is 1. The van der Waals surface area contributed by atoms with Gasteiger partial charge < -0.3 is 4.90 Å². The van der Waals surface area contributed by atoms with Gasteiger partial charge in [0.1, 0.15) is 11.6 Å². The van der Waals surface area contributed by atoms with Crippen LogP contribution in [-0.4, -0.2) is 13.0 Å². The fraction of sp³-hybridized carbons (Fsp3) is 0.0714. The summed E-state index contributed by atoms with van der Waals surface area (Å²) < 4.78 is 27.1. The summed E-state index contributed by atoms with van der Waals surface area (Å²) in [4.78, 5) is 13.4. The van der Waals surface area contributed by atoms with Crippen LogP contribution < -0.4 is 4.90 Å². The Hall–Kier alpha value is -1.75. The van der Waals surface area contributed by atoms with Gasteiger partial charge in [-0.25, -0.2) is 8.78 Å². The van der Waals surface area contributed by atoms with Crippen LogP contribution in [0.2, 0.25) is 0 Å². The minimum atomic E-state index is -0.534. The van der Waals surface area contributed by atoms with Crippen molar-refractivity contribution in [2.24, 2.45) is 0 Å². The molecule has 0 aliphatic heterocycles. The van der Waals surface area contributed by atoms with Crippen LogP contribution in [0.3, 0.4) is 0 Å². The fourth-order valence-electron chi connectivity index (χ4n) is 1.68. The average Bonchev–Trinajstić information content (AvgIpc) is 2.41. The van der Waals surface area contributed by atoms with E-state index < -0.39 is 17.5 Å². The molecule has 0 N–H and O–H groups in total. The summed E-state index contributed by atoms with van der Waals surface area (Å²) in [5.74, 6) is -1.53. The zero-order valence-electron chi connectivity index (χ0n) is 10.0. The van der Waals surface area contributed by atoms with Gasteiger partial charge in [-0.15, -0.1) is 0 Å². The zero-order valence-corrected chi connectivity index (χ0v) is 11.6. The topological polar surface area (TPSA) is 20.3 Å². The second kappa shape index (κ2) is 5.48. The maximum atomic E-state index is 13.6. The summed E-state index contributed by atoms with van der Waals surface area (Å²) in [7, 11) is 1.44. The summed E-state index contributed by atoms with van der Waals surface area (Å²) in [5, 5.41) is 0. The molecular weight excluding hydrogens is 316 g/mol. The molecular formula is C14H10BrF2NO. The largest absolute Gasteiger partial charge is 0.309 e. The first-order valence-electron chi connectivity index (χ1n) is 5.49. The fourth-order valence-corrected chi connectivity index (χ4v) is 2.12. The maximum Gasteiger partial charge on any atom is 0.259 e. The second-order valence-electron chi connectivity index (χ2n) is 3.92. The first-order chi connectivity index (χ1) is 9.02. The second-order valence-corrected chi connectivity index (χ2v) is 4.71. The normalized spacial score (nSPS) is 10.3. The molecule has 5 heteroatoms. The third kappa shape index (κ3) is 2.66. The van der Waals surface area contributed by atoms with Crippen LogP contribution in [0.5, 0.6) is 0 Å². The van der Waals surface area contributed by atoms with Gasteiger partial charge in [0, 0.05) is 7.05 Å². The Balaban J connectivity index is 2.40. The highest BCUT2D eigenvalue weighted by Crippen LogP contribution is 2.25. The number of nitrogens with zero attached hydrogens (tertiary/aromatic N) is 1. The molecule has 0 saturated heterocycles. The van der Waals surface area contributed by atoms with Crippen molar-refractivity contribution in [3.05, 3.63) is 64.1 Å². The van der Waals surface area contributed by atoms with E-state index in [4.69, 9.17) is 0 Å². The van der Waals surface area contributed by atoms with Crippen LogP contribution in [0.4, 0.5) is 14.5 Å². The molecule has 98 valence electrons. The van der Waals surface area contributed by atoms with Crippen LogP contribution in [0.15, 0.2) is 46.9 Å². The van der Waals surface area contributed by atoms with Crippen LogP contribution in [0.25, 0.3) is 0 Å². The lowest BCUT2D eigenvalue weighted by molar-refractivity contribution is 0.0991. The van der Waals surface area contributed by atoms with Gasteiger partial charge in [0.25, 0.3) is 5.91 Å². The van der Waals surface area contributed by atoms with Crippen molar-refractivity contribution in [3.8, 4) is 0 Å². The molecule has 0 heterocycles. The van der Waals surface area contributed by atoms with E-state index in [-0.39, 0.29) is 15.7 Å². The Morgan fingerprint density at radius 1 is 1.05 bits per heavy atom. The van der Waals surface area contributed by atoms with Gasteiger partial charge >= 0.3 is 0 Å². The van der Waals surface area contributed by atoms with Crippen molar-refractivity contribution in [1.82, 2.24) is 0 Å². The molecule has 0 unspecified atom stereocenters. The number of hydrogen-bond acceptors (Lipinski definition) is 1. The quantitative estimate of drug-likeness (QED) is 0.817. The van der Waals surface area contributed by atoms with Crippen molar-refractivity contribution in [1.29, 1.82) is 0 Å². The Kier molecular flexibility index (Phi) is 3.95. The van der Waals surface area contributed by atoms with Gasteiger partial charge in [-0.05, 0) is 40.2 Å². The number of carbonyl (C=O) groups excluding carboxylic acids is 1. The molecule has 2 aromatic rings. The van der Waals surface area contributed by atoms with Crippen molar-refractivity contribution >= 4 is 27.5 Å². The molecule has 0 fully saturated rings. The molecule has 0 radical (unpaired) electrons. The minimum Gasteiger partial charge on any atom is -0.309 e. The SMILES string of the molecule is CN(C(=O)c1cccc(F)c1Br)c1ccccc1F. The highest BCUT2D eigenvalue weighted by molar-refractivity contribution is 9.10. The smallest absolute Gasteiger partial charge is 0.259 e.